The average Bonchev–Trinajstić information content (AvgIpc) is 2.59. The van der Waals surface area contributed by atoms with Gasteiger partial charge in [0.2, 0.25) is 5.88 Å². The van der Waals surface area contributed by atoms with Crippen molar-refractivity contribution in [2.24, 2.45) is 0 Å². The molecule has 0 aliphatic rings. The molecule has 1 heterocycles. The lowest BCUT2D eigenvalue weighted by Crippen LogP contribution is -2.34. The van der Waals surface area contributed by atoms with Crippen molar-refractivity contribution < 1.29 is 18.8 Å². The second-order valence-corrected chi connectivity index (χ2v) is 3.33. The van der Waals surface area contributed by atoms with Crippen molar-refractivity contribution >= 4 is 17.9 Å². The predicted octanol–water partition coefficient (Wildman–Crippen LogP) is 0.976. The summed E-state index contributed by atoms with van der Waals surface area (Å²) in [6.07, 6.45) is 0. The van der Waals surface area contributed by atoms with Crippen LogP contribution in [0.4, 0.5) is 10.7 Å². The summed E-state index contributed by atoms with van der Waals surface area (Å²) in [5.74, 6) is -0.225. The number of hydrogen-bond donors (Lipinski definition) is 2. The molecule has 0 spiro atoms. The van der Waals surface area contributed by atoms with E-state index in [0.29, 0.717) is 5.69 Å². The lowest BCUT2D eigenvalue weighted by atomic mass is 10.3. The zero-order valence-corrected chi connectivity index (χ0v) is 9.99. The summed E-state index contributed by atoms with van der Waals surface area (Å²) in [6, 6.07) is -0.544. The van der Waals surface area contributed by atoms with Crippen LogP contribution in [0, 0.1) is 13.8 Å². The summed E-state index contributed by atoms with van der Waals surface area (Å²) in [7, 11) is 0. The third-order valence-electron chi connectivity index (χ3n) is 2.08. The molecule has 0 aliphatic carbocycles. The van der Waals surface area contributed by atoms with E-state index in [1.54, 1.807) is 20.8 Å². The van der Waals surface area contributed by atoms with Gasteiger partial charge in [-0.05, 0) is 20.8 Å². The van der Waals surface area contributed by atoms with E-state index in [9.17, 15) is 9.59 Å². The van der Waals surface area contributed by atoms with Crippen LogP contribution >= 0.6 is 0 Å². The van der Waals surface area contributed by atoms with Gasteiger partial charge in [-0.1, -0.05) is 5.16 Å². The van der Waals surface area contributed by atoms with Gasteiger partial charge in [0.1, 0.15) is 6.54 Å². The van der Waals surface area contributed by atoms with Crippen LogP contribution < -0.4 is 10.6 Å². The zero-order chi connectivity index (χ0) is 12.8. The number of nitrogens with one attached hydrogen (secondary N) is 2. The van der Waals surface area contributed by atoms with E-state index in [1.165, 1.54) is 0 Å². The minimum Gasteiger partial charge on any atom is -0.465 e. The van der Waals surface area contributed by atoms with E-state index in [2.05, 4.69) is 20.5 Å². The Morgan fingerprint density at radius 1 is 1.41 bits per heavy atom. The Kier molecular flexibility index (Phi) is 4.50. The molecule has 7 heteroatoms. The predicted molar refractivity (Wildman–Crippen MR) is 59.6 cm³/mol. The fourth-order valence-corrected chi connectivity index (χ4v) is 1.04. The number of nitrogens with zero attached hydrogens (tertiary/aromatic N) is 1. The van der Waals surface area contributed by atoms with Crippen molar-refractivity contribution in [3.05, 3.63) is 11.3 Å². The Morgan fingerprint density at radius 3 is 2.65 bits per heavy atom. The monoisotopic (exact) mass is 241 g/mol. The van der Waals surface area contributed by atoms with Crippen molar-refractivity contribution in [1.82, 2.24) is 10.5 Å². The van der Waals surface area contributed by atoms with Crippen molar-refractivity contribution in [1.29, 1.82) is 0 Å². The van der Waals surface area contributed by atoms with Gasteiger partial charge in [-0.3, -0.25) is 10.1 Å². The fraction of sp³-hybridized carbons (Fsp3) is 0.500. The van der Waals surface area contributed by atoms with Gasteiger partial charge < -0.3 is 14.6 Å². The van der Waals surface area contributed by atoms with Crippen LogP contribution in [-0.4, -0.2) is 30.3 Å². The molecule has 0 aromatic carbocycles. The van der Waals surface area contributed by atoms with E-state index < -0.39 is 12.0 Å². The van der Waals surface area contributed by atoms with Crippen LogP contribution in [0.15, 0.2) is 4.52 Å². The maximum absolute atomic E-state index is 11.4. The summed E-state index contributed by atoms with van der Waals surface area (Å²) < 4.78 is 9.54. The van der Waals surface area contributed by atoms with Gasteiger partial charge in [0.15, 0.2) is 0 Å². The number of aryl methyl sites for hydroxylation is 1. The molecule has 0 fully saturated rings. The number of anilines is 1. The summed E-state index contributed by atoms with van der Waals surface area (Å²) in [5.41, 5.74) is 1.45. The molecule has 0 unspecified atom stereocenters. The molecule has 0 atom stereocenters. The lowest BCUT2D eigenvalue weighted by molar-refractivity contribution is -0.141. The van der Waals surface area contributed by atoms with Crippen molar-refractivity contribution in [2.45, 2.75) is 20.8 Å². The molecular formula is C10H15N3O4. The first-order valence-corrected chi connectivity index (χ1v) is 5.18. The molecule has 0 bridgehead atoms. The van der Waals surface area contributed by atoms with Gasteiger partial charge in [0.05, 0.1) is 12.3 Å². The summed E-state index contributed by atoms with van der Waals surface area (Å²) >= 11 is 0. The SMILES string of the molecule is CCOC(=O)CNC(=O)Nc1onc(C)c1C. The average molecular weight is 241 g/mol. The fourth-order valence-electron chi connectivity index (χ4n) is 1.04. The minimum absolute atomic E-state index is 0.189. The van der Waals surface area contributed by atoms with Crippen LogP contribution in [0.2, 0.25) is 0 Å². The van der Waals surface area contributed by atoms with Crippen LogP contribution in [0.5, 0.6) is 0 Å². The molecule has 2 N–H and O–H groups in total. The molecule has 0 saturated heterocycles. The Hall–Kier alpha value is -2.05. The van der Waals surface area contributed by atoms with E-state index in [-0.39, 0.29) is 19.0 Å². The lowest BCUT2D eigenvalue weighted by Gasteiger charge is -2.05. The molecule has 1 aromatic heterocycles. The second-order valence-electron chi connectivity index (χ2n) is 3.33. The number of rotatable bonds is 4. The highest BCUT2D eigenvalue weighted by molar-refractivity contribution is 5.90. The Morgan fingerprint density at radius 2 is 2.12 bits per heavy atom. The number of carbonyl (C=O) groups excluding carboxylic acids is 2. The number of esters is 1. The maximum atomic E-state index is 11.4. The first kappa shape index (κ1) is 13.0. The Labute approximate surface area is 98.5 Å². The van der Waals surface area contributed by atoms with Crippen LogP contribution in [0.3, 0.4) is 0 Å². The third-order valence-corrected chi connectivity index (χ3v) is 2.08. The Bertz CT molecular complexity index is 414. The van der Waals surface area contributed by atoms with Gasteiger partial charge in [-0.15, -0.1) is 0 Å². The van der Waals surface area contributed by atoms with E-state index in [1.807, 2.05) is 0 Å². The number of urea groups is 1. The normalized spacial score (nSPS) is 9.82. The highest BCUT2D eigenvalue weighted by Crippen LogP contribution is 2.16. The van der Waals surface area contributed by atoms with Gasteiger partial charge in [-0.2, -0.15) is 0 Å². The number of carbonyl (C=O) groups is 2. The zero-order valence-electron chi connectivity index (χ0n) is 9.99. The standard InChI is InChI=1S/C10H15N3O4/c1-4-16-8(14)5-11-10(15)12-9-6(2)7(3)13-17-9/h4-5H2,1-3H3,(H2,11,12,15). The first-order chi connectivity index (χ1) is 8.04. The van der Waals surface area contributed by atoms with Gasteiger partial charge in [-0.25, -0.2) is 4.79 Å². The van der Waals surface area contributed by atoms with Gasteiger partial charge in [0.25, 0.3) is 0 Å². The highest BCUT2D eigenvalue weighted by Gasteiger charge is 2.12. The van der Waals surface area contributed by atoms with E-state index in [0.717, 1.165) is 5.56 Å². The van der Waals surface area contributed by atoms with Crippen molar-refractivity contribution in [3.63, 3.8) is 0 Å². The van der Waals surface area contributed by atoms with E-state index >= 15 is 0 Å². The molecule has 1 rings (SSSR count). The molecule has 0 radical (unpaired) electrons. The quantitative estimate of drug-likeness (QED) is 0.766. The van der Waals surface area contributed by atoms with Gasteiger partial charge in [0, 0.05) is 5.56 Å². The molecule has 7 nitrogen and oxygen atoms in total. The first-order valence-electron chi connectivity index (χ1n) is 5.18. The molecular weight excluding hydrogens is 226 g/mol. The smallest absolute Gasteiger partial charge is 0.325 e. The largest absolute Gasteiger partial charge is 0.465 e. The van der Waals surface area contributed by atoms with Gasteiger partial charge >= 0.3 is 12.0 Å². The summed E-state index contributed by atoms with van der Waals surface area (Å²) in [4.78, 5) is 22.3. The van der Waals surface area contributed by atoms with Crippen LogP contribution in [-0.2, 0) is 9.53 Å². The number of hydrogen-bond acceptors (Lipinski definition) is 5. The molecule has 1 aromatic rings. The van der Waals surface area contributed by atoms with Crippen molar-refractivity contribution in [3.8, 4) is 0 Å². The van der Waals surface area contributed by atoms with Crippen molar-refractivity contribution in [2.75, 3.05) is 18.5 Å². The maximum Gasteiger partial charge on any atom is 0.325 e. The number of amides is 2. The topological polar surface area (TPSA) is 93.5 Å². The third kappa shape index (κ3) is 3.78. The molecule has 0 aliphatic heterocycles. The molecule has 0 saturated carbocycles. The molecule has 94 valence electrons. The minimum atomic E-state index is -0.544. The second kappa shape index (κ2) is 5.88. The van der Waals surface area contributed by atoms with Crippen LogP contribution in [0.1, 0.15) is 18.2 Å². The number of aromatic nitrogens is 1. The number of ether oxygens (including phenoxy) is 1. The molecule has 17 heavy (non-hydrogen) atoms. The van der Waals surface area contributed by atoms with Crippen LogP contribution in [0.25, 0.3) is 0 Å². The summed E-state index contributed by atoms with van der Waals surface area (Å²) in [5, 5.41) is 8.47. The molecule has 2 amide bonds. The Balaban J connectivity index is 2.40. The highest BCUT2D eigenvalue weighted by atomic mass is 16.5. The summed E-state index contributed by atoms with van der Waals surface area (Å²) in [6.45, 7) is 5.32. The van der Waals surface area contributed by atoms with E-state index in [4.69, 9.17) is 4.52 Å².